The third-order valence-corrected chi connectivity index (χ3v) is 4.04. The fraction of sp³-hybridized carbons (Fsp3) is 0.533. The molecular weight excluding hydrogens is 274 g/mol. The molecule has 4 nitrogen and oxygen atoms in total. The molecule has 0 bridgehead atoms. The first-order valence-corrected chi connectivity index (χ1v) is 7.37. The number of hydrogen-bond donors (Lipinski definition) is 3. The normalized spacial score (nSPS) is 19.2. The van der Waals surface area contributed by atoms with Crippen molar-refractivity contribution >= 4 is 17.6 Å². The molecule has 1 atom stereocenters. The molecule has 20 heavy (non-hydrogen) atoms. The maximum absolute atomic E-state index is 10.4. The lowest BCUT2D eigenvalue weighted by Gasteiger charge is -2.26. The van der Waals surface area contributed by atoms with E-state index in [1.165, 1.54) is 19.3 Å². The number of guanidine groups is 1. The lowest BCUT2D eigenvalue weighted by Crippen LogP contribution is -2.38. The number of rotatable bonds is 5. The van der Waals surface area contributed by atoms with Gasteiger partial charge >= 0.3 is 0 Å². The first-order valence-electron chi connectivity index (χ1n) is 6.99. The molecule has 110 valence electrons. The Bertz CT molecular complexity index is 484. The van der Waals surface area contributed by atoms with Gasteiger partial charge in [0.2, 0.25) is 0 Å². The van der Waals surface area contributed by atoms with E-state index in [1.54, 1.807) is 19.1 Å². The highest BCUT2D eigenvalue weighted by molar-refractivity contribution is 6.30. The average Bonchev–Trinajstić information content (AvgIpc) is 2.35. The van der Waals surface area contributed by atoms with Crippen LogP contribution in [0.2, 0.25) is 5.02 Å². The van der Waals surface area contributed by atoms with Crippen molar-refractivity contribution in [3.05, 3.63) is 34.9 Å². The van der Waals surface area contributed by atoms with Gasteiger partial charge in [0.15, 0.2) is 5.96 Å². The summed E-state index contributed by atoms with van der Waals surface area (Å²) in [7, 11) is 0. The van der Waals surface area contributed by atoms with Crippen LogP contribution < -0.4 is 11.1 Å². The Hall–Kier alpha value is -1.26. The molecule has 0 spiro atoms. The maximum atomic E-state index is 10.4. The predicted molar refractivity (Wildman–Crippen MR) is 82.9 cm³/mol. The van der Waals surface area contributed by atoms with Gasteiger partial charge in [-0.3, -0.25) is 4.99 Å². The fourth-order valence-corrected chi connectivity index (χ4v) is 2.35. The number of hydrogen-bond acceptors (Lipinski definition) is 2. The highest BCUT2D eigenvalue weighted by Gasteiger charge is 2.23. The number of nitrogens with one attached hydrogen (secondary N) is 1. The number of aliphatic hydroxyl groups is 1. The standard InChI is InChI=1S/C15H22ClN3O/c1-15(20,12-6-3-7-13(16)8-12)10-19-14(17)18-9-11-4-2-5-11/h3,6-8,11,20H,2,4-5,9-10H2,1H3,(H3,17,18,19). The Labute approximate surface area is 125 Å². The molecule has 0 saturated heterocycles. The topological polar surface area (TPSA) is 70.6 Å². The molecule has 5 heteroatoms. The Morgan fingerprint density at radius 3 is 2.90 bits per heavy atom. The van der Waals surface area contributed by atoms with Gasteiger partial charge in [-0.05, 0) is 43.4 Å². The minimum absolute atomic E-state index is 0.205. The summed E-state index contributed by atoms with van der Waals surface area (Å²) < 4.78 is 0. The van der Waals surface area contributed by atoms with Crippen LogP contribution in [0.25, 0.3) is 0 Å². The van der Waals surface area contributed by atoms with Gasteiger partial charge in [-0.15, -0.1) is 0 Å². The predicted octanol–water partition coefficient (Wildman–Crippen LogP) is 2.25. The summed E-state index contributed by atoms with van der Waals surface area (Å²) in [6, 6.07) is 7.17. The van der Waals surface area contributed by atoms with E-state index in [1.807, 2.05) is 12.1 Å². The molecule has 4 N–H and O–H groups in total. The highest BCUT2D eigenvalue weighted by Crippen LogP contribution is 2.25. The summed E-state index contributed by atoms with van der Waals surface area (Å²) in [6.07, 6.45) is 3.84. The molecule has 2 rings (SSSR count). The van der Waals surface area contributed by atoms with Crippen molar-refractivity contribution in [1.82, 2.24) is 5.32 Å². The molecule has 0 radical (unpaired) electrons. The van der Waals surface area contributed by atoms with Crippen molar-refractivity contribution in [2.75, 3.05) is 13.1 Å². The zero-order valence-electron chi connectivity index (χ0n) is 11.8. The van der Waals surface area contributed by atoms with E-state index >= 15 is 0 Å². The summed E-state index contributed by atoms with van der Waals surface area (Å²) in [4.78, 5) is 4.22. The Morgan fingerprint density at radius 1 is 1.55 bits per heavy atom. The van der Waals surface area contributed by atoms with Crippen molar-refractivity contribution in [3.8, 4) is 0 Å². The molecule has 0 amide bonds. The van der Waals surface area contributed by atoms with Crippen LogP contribution in [0.5, 0.6) is 0 Å². The second kappa shape index (κ2) is 6.46. The summed E-state index contributed by atoms with van der Waals surface area (Å²) in [6.45, 7) is 2.78. The lowest BCUT2D eigenvalue weighted by atomic mass is 9.85. The summed E-state index contributed by atoms with van der Waals surface area (Å²) in [5, 5.41) is 14.2. The van der Waals surface area contributed by atoms with E-state index in [-0.39, 0.29) is 6.54 Å². The smallest absolute Gasteiger partial charge is 0.188 e. The van der Waals surface area contributed by atoms with Crippen LogP contribution in [0.1, 0.15) is 31.7 Å². The molecule has 1 aliphatic carbocycles. The first kappa shape index (κ1) is 15.1. The van der Waals surface area contributed by atoms with Gasteiger partial charge in [-0.2, -0.15) is 0 Å². The van der Waals surface area contributed by atoms with Gasteiger partial charge in [-0.1, -0.05) is 30.2 Å². The fourth-order valence-electron chi connectivity index (χ4n) is 2.16. The molecule has 1 saturated carbocycles. The maximum Gasteiger partial charge on any atom is 0.188 e. The second-order valence-electron chi connectivity index (χ2n) is 5.66. The van der Waals surface area contributed by atoms with E-state index in [4.69, 9.17) is 17.3 Å². The summed E-state index contributed by atoms with van der Waals surface area (Å²) >= 11 is 5.94. The van der Waals surface area contributed by atoms with Crippen molar-refractivity contribution in [2.24, 2.45) is 16.6 Å². The van der Waals surface area contributed by atoms with E-state index in [9.17, 15) is 5.11 Å². The number of aliphatic imine (C=N–C) groups is 1. The highest BCUT2D eigenvalue weighted by atomic mass is 35.5. The molecule has 1 fully saturated rings. The van der Waals surface area contributed by atoms with Crippen LogP contribution in [-0.4, -0.2) is 24.2 Å². The first-order chi connectivity index (χ1) is 9.47. The van der Waals surface area contributed by atoms with Gasteiger partial charge in [0.05, 0.1) is 6.54 Å². The van der Waals surface area contributed by atoms with E-state index in [0.29, 0.717) is 11.0 Å². The van der Waals surface area contributed by atoms with E-state index < -0.39 is 5.60 Å². The molecule has 0 aromatic heterocycles. The average molecular weight is 296 g/mol. The summed E-state index contributed by atoms with van der Waals surface area (Å²) in [5.74, 6) is 1.11. The van der Waals surface area contributed by atoms with Crippen molar-refractivity contribution < 1.29 is 5.11 Å². The van der Waals surface area contributed by atoms with Gasteiger partial charge in [-0.25, -0.2) is 0 Å². The Morgan fingerprint density at radius 2 is 2.30 bits per heavy atom. The molecule has 1 unspecified atom stereocenters. The van der Waals surface area contributed by atoms with Gasteiger partial charge < -0.3 is 16.2 Å². The molecular formula is C15H22ClN3O. The number of benzene rings is 1. The number of halogens is 1. The number of nitrogens with zero attached hydrogens (tertiary/aromatic N) is 1. The van der Waals surface area contributed by atoms with Gasteiger partial charge in [0.1, 0.15) is 5.60 Å². The quantitative estimate of drug-likeness (QED) is 0.576. The van der Waals surface area contributed by atoms with Crippen LogP contribution in [0.15, 0.2) is 29.3 Å². The second-order valence-corrected chi connectivity index (χ2v) is 6.10. The zero-order valence-corrected chi connectivity index (χ0v) is 12.5. The largest absolute Gasteiger partial charge is 0.384 e. The molecule has 1 aliphatic rings. The van der Waals surface area contributed by atoms with Crippen LogP contribution in [-0.2, 0) is 5.60 Å². The van der Waals surface area contributed by atoms with Crippen molar-refractivity contribution in [2.45, 2.75) is 31.8 Å². The Kier molecular flexibility index (Phi) is 4.89. The van der Waals surface area contributed by atoms with Crippen LogP contribution >= 0.6 is 11.6 Å². The van der Waals surface area contributed by atoms with Gasteiger partial charge in [0, 0.05) is 11.6 Å². The summed E-state index contributed by atoms with van der Waals surface area (Å²) in [5.41, 5.74) is 5.48. The van der Waals surface area contributed by atoms with Crippen molar-refractivity contribution in [1.29, 1.82) is 0 Å². The minimum atomic E-state index is -1.08. The van der Waals surface area contributed by atoms with Crippen LogP contribution in [0.4, 0.5) is 0 Å². The molecule has 0 heterocycles. The molecule has 1 aromatic rings. The molecule has 1 aromatic carbocycles. The van der Waals surface area contributed by atoms with Gasteiger partial charge in [0.25, 0.3) is 0 Å². The van der Waals surface area contributed by atoms with Crippen LogP contribution in [0, 0.1) is 5.92 Å². The number of nitrogens with two attached hydrogens (primary N) is 1. The molecule has 0 aliphatic heterocycles. The minimum Gasteiger partial charge on any atom is -0.384 e. The monoisotopic (exact) mass is 295 g/mol. The third kappa shape index (κ3) is 4.12. The van der Waals surface area contributed by atoms with E-state index in [2.05, 4.69) is 10.3 Å². The van der Waals surface area contributed by atoms with Crippen LogP contribution in [0.3, 0.4) is 0 Å². The Balaban J connectivity index is 1.89. The SMILES string of the molecule is CC(O)(CN=C(N)NCC1CCC1)c1cccc(Cl)c1. The van der Waals surface area contributed by atoms with Crippen molar-refractivity contribution in [3.63, 3.8) is 0 Å². The zero-order chi connectivity index (χ0) is 14.6. The van der Waals surface area contributed by atoms with E-state index in [0.717, 1.165) is 18.0 Å². The lowest BCUT2D eigenvalue weighted by molar-refractivity contribution is 0.0673. The third-order valence-electron chi connectivity index (χ3n) is 3.80.